The molecule has 5 radical (unpaired) electrons. The molecule has 0 rings (SSSR count). The standard InChI is InChI=1S/C10H13/c1-3-5-7-9-10-8-6-4-2/h3-4,8-10H,1-2,5,7H2/b8-6?,10-9+. The summed E-state index contributed by atoms with van der Waals surface area (Å²) in [5, 5.41) is 0. The fourth-order valence-corrected chi connectivity index (χ4v) is 0.502. The van der Waals surface area contributed by atoms with E-state index in [2.05, 4.69) is 26.0 Å². The van der Waals surface area contributed by atoms with E-state index in [9.17, 15) is 0 Å². The third kappa shape index (κ3) is 7.48. The van der Waals surface area contributed by atoms with Crippen LogP contribution >= 0.6 is 0 Å². The molecule has 0 spiro atoms. The normalized spacial score (nSPS) is 11.8. The van der Waals surface area contributed by atoms with Crippen molar-refractivity contribution in [3.8, 4) is 0 Å². The van der Waals surface area contributed by atoms with E-state index in [1.807, 2.05) is 18.6 Å². The fraction of sp³-hybridized carbons (Fsp3) is 0.200. The Balaban J connectivity index is 3.11. The van der Waals surface area contributed by atoms with Crippen molar-refractivity contribution < 1.29 is 0 Å². The van der Waals surface area contributed by atoms with E-state index in [4.69, 9.17) is 0 Å². The molecular weight excluding hydrogens is 120 g/mol. The predicted octanol–water partition coefficient (Wildman–Crippen LogP) is 2.76. The van der Waals surface area contributed by atoms with Crippen LogP contribution in [-0.2, 0) is 0 Å². The Kier molecular flexibility index (Phi) is 8.04. The van der Waals surface area contributed by atoms with Crippen molar-refractivity contribution in [1.29, 1.82) is 0 Å². The molecule has 53 valence electrons. The van der Waals surface area contributed by atoms with E-state index in [1.165, 1.54) is 0 Å². The molecule has 0 fully saturated rings. The molecule has 0 aromatic carbocycles. The van der Waals surface area contributed by atoms with Gasteiger partial charge >= 0.3 is 0 Å². The highest BCUT2D eigenvalue weighted by molar-refractivity contribution is 5.03. The van der Waals surface area contributed by atoms with Crippen LogP contribution in [0.25, 0.3) is 0 Å². The summed E-state index contributed by atoms with van der Waals surface area (Å²) in [6.45, 7) is 7.12. The quantitative estimate of drug-likeness (QED) is 0.399. The number of unbranched alkanes of at least 4 members (excludes halogenated alkanes) is 2. The van der Waals surface area contributed by atoms with Crippen molar-refractivity contribution in [2.45, 2.75) is 12.8 Å². The molecule has 0 unspecified atom stereocenters. The summed E-state index contributed by atoms with van der Waals surface area (Å²) in [4.78, 5) is 0. The Hall–Kier alpha value is -0.520. The SMILES string of the molecule is [CH2][CH]/[C]=C/C=C/CC[CH][CH2]. The minimum Gasteiger partial charge on any atom is -0.0845 e. The molecule has 0 aliphatic carbocycles. The smallest absolute Gasteiger partial charge is 0.00899 e. The Morgan fingerprint density at radius 1 is 1.20 bits per heavy atom. The van der Waals surface area contributed by atoms with Gasteiger partial charge in [0, 0.05) is 0 Å². The van der Waals surface area contributed by atoms with Gasteiger partial charge in [0.25, 0.3) is 0 Å². The average molecular weight is 133 g/mol. The van der Waals surface area contributed by atoms with E-state index in [0.29, 0.717) is 0 Å². The lowest BCUT2D eigenvalue weighted by Gasteiger charge is -1.84. The van der Waals surface area contributed by atoms with Crippen LogP contribution in [-0.4, -0.2) is 0 Å². The Labute approximate surface area is 64.6 Å². The molecule has 0 amide bonds. The van der Waals surface area contributed by atoms with Crippen molar-refractivity contribution in [1.82, 2.24) is 0 Å². The van der Waals surface area contributed by atoms with Crippen LogP contribution in [0.5, 0.6) is 0 Å². The Bertz CT molecular complexity index is 98.6. The number of rotatable bonds is 5. The summed E-state index contributed by atoms with van der Waals surface area (Å²) < 4.78 is 0. The zero-order valence-corrected chi connectivity index (χ0v) is 6.22. The van der Waals surface area contributed by atoms with Gasteiger partial charge in [-0.25, -0.2) is 0 Å². The second kappa shape index (κ2) is 8.48. The highest BCUT2D eigenvalue weighted by Crippen LogP contribution is 1.93. The molecule has 0 saturated heterocycles. The molecule has 0 aromatic rings. The number of allylic oxidation sites excluding steroid dienone is 4. The van der Waals surface area contributed by atoms with Gasteiger partial charge < -0.3 is 0 Å². The number of hydrogen-bond donors (Lipinski definition) is 0. The molecule has 10 heavy (non-hydrogen) atoms. The first-order chi connectivity index (χ1) is 4.91. The zero-order valence-electron chi connectivity index (χ0n) is 6.22. The highest BCUT2D eigenvalue weighted by atomic mass is 13.8. The molecule has 0 N–H and O–H groups in total. The van der Waals surface area contributed by atoms with Gasteiger partial charge in [0.1, 0.15) is 0 Å². The molecule has 0 aromatic heterocycles. The fourth-order valence-electron chi connectivity index (χ4n) is 0.502. The van der Waals surface area contributed by atoms with Crippen LogP contribution in [0.2, 0.25) is 0 Å². The van der Waals surface area contributed by atoms with Gasteiger partial charge in [0.2, 0.25) is 0 Å². The molecule has 0 atom stereocenters. The Morgan fingerprint density at radius 2 is 2.00 bits per heavy atom. The van der Waals surface area contributed by atoms with E-state index in [-0.39, 0.29) is 0 Å². The summed E-state index contributed by atoms with van der Waals surface area (Å²) in [6, 6.07) is 0. The monoisotopic (exact) mass is 133 g/mol. The summed E-state index contributed by atoms with van der Waals surface area (Å²) >= 11 is 0. The van der Waals surface area contributed by atoms with E-state index >= 15 is 0 Å². The first-order valence-electron chi connectivity index (χ1n) is 3.38. The molecular formula is C10H13. The van der Waals surface area contributed by atoms with Crippen LogP contribution < -0.4 is 0 Å². The lowest BCUT2D eigenvalue weighted by atomic mass is 10.2. The highest BCUT2D eigenvalue weighted by Gasteiger charge is 1.75. The van der Waals surface area contributed by atoms with E-state index in [1.54, 1.807) is 6.42 Å². The summed E-state index contributed by atoms with van der Waals surface area (Å²) in [5.74, 6) is 0. The van der Waals surface area contributed by atoms with Gasteiger partial charge in [-0.05, 0) is 45.6 Å². The van der Waals surface area contributed by atoms with Gasteiger partial charge in [-0.3, -0.25) is 0 Å². The van der Waals surface area contributed by atoms with Crippen molar-refractivity contribution >= 4 is 0 Å². The largest absolute Gasteiger partial charge is 0.0845 e. The molecule has 0 aliphatic heterocycles. The van der Waals surface area contributed by atoms with Crippen molar-refractivity contribution in [2.24, 2.45) is 0 Å². The molecule has 0 heteroatoms. The second-order valence-electron chi connectivity index (χ2n) is 1.83. The third-order valence-corrected chi connectivity index (χ3v) is 0.984. The minimum absolute atomic E-state index is 1.04. The van der Waals surface area contributed by atoms with Gasteiger partial charge in [0.05, 0.1) is 0 Å². The van der Waals surface area contributed by atoms with Crippen LogP contribution in [0.3, 0.4) is 0 Å². The van der Waals surface area contributed by atoms with Gasteiger partial charge in [-0.1, -0.05) is 18.2 Å². The van der Waals surface area contributed by atoms with Crippen molar-refractivity contribution in [3.05, 3.63) is 51.0 Å². The number of hydrogen-bond acceptors (Lipinski definition) is 0. The zero-order chi connectivity index (χ0) is 7.66. The first-order valence-corrected chi connectivity index (χ1v) is 3.38. The molecule has 0 aliphatic rings. The first kappa shape index (κ1) is 9.48. The predicted molar refractivity (Wildman–Crippen MR) is 45.5 cm³/mol. The topological polar surface area (TPSA) is 0 Å². The third-order valence-electron chi connectivity index (χ3n) is 0.984. The van der Waals surface area contributed by atoms with Gasteiger partial charge in [0.15, 0.2) is 0 Å². The van der Waals surface area contributed by atoms with Crippen molar-refractivity contribution in [3.63, 3.8) is 0 Å². The maximum atomic E-state index is 3.62. The van der Waals surface area contributed by atoms with Gasteiger partial charge in [-0.2, -0.15) is 0 Å². The lowest BCUT2D eigenvalue weighted by molar-refractivity contribution is 1.00. The van der Waals surface area contributed by atoms with Crippen LogP contribution in [0, 0.1) is 32.8 Å². The molecule has 0 saturated carbocycles. The summed E-state index contributed by atoms with van der Waals surface area (Å²) in [7, 11) is 0. The Morgan fingerprint density at radius 3 is 2.60 bits per heavy atom. The summed E-state index contributed by atoms with van der Waals surface area (Å²) in [5.41, 5.74) is 0. The maximum Gasteiger partial charge on any atom is -0.00899 e. The maximum absolute atomic E-state index is 3.62. The summed E-state index contributed by atoms with van der Waals surface area (Å²) in [6.07, 6.45) is 14.4. The van der Waals surface area contributed by atoms with Crippen LogP contribution in [0.4, 0.5) is 0 Å². The molecule has 0 heterocycles. The van der Waals surface area contributed by atoms with E-state index < -0.39 is 0 Å². The molecule has 0 nitrogen and oxygen atoms in total. The lowest BCUT2D eigenvalue weighted by Crippen LogP contribution is -1.66. The van der Waals surface area contributed by atoms with Crippen LogP contribution in [0.1, 0.15) is 12.8 Å². The van der Waals surface area contributed by atoms with E-state index in [0.717, 1.165) is 12.8 Å². The van der Waals surface area contributed by atoms with Crippen molar-refractivity contribution in [2.75, 3.05) is 0 Å². The minimum atomic E-state index is 1.04. The van der Waals surface area contributed by atoms with Crippen LogP contribution in [0.15, 0.2) is 18.2 Å². The second-order valence-corrected chi connectivity index (χ2v) is 1.83. The van der Waals surface area contributed by atoms with Gasteiger partial charge in [-0.15, -0.1) is 0 Å². The molecule has 0 bridgehead atoms. The average Bonchev–Trinajstić information content (AvgIpc) is 1.97.